The van der Waals surface area contributed by atoms with Gasteiger partial charge in [-0.25, -0.2) is 13.4 Å². The molecule has 0 aromatic carbocycles. The van der Waals surface area contributed by atoms with Gasteiger partial charge in [-0.1, -0.05) is 15.9 Å². The minimum Gasteiger partial charge on any atom is -0.349 e. The van der Waals surface area contributed by atoms with Crippen LogP contribution in [0.2, 0.25) is 0 Å². The predicted octanol–water partition coefficient (Wildman–Crippen LogP) is 2.38. The van der Waals surface area contributed by atoms with Crippen LogP contribution >= 0.6 is 15.9 Å². The third-order valence-corrected chi connectivity index (χ3v) is 5.94. The molecule has 0 N–H and O–H groups in total. The molecule has 0 radical (unpaired) electrons. The Morgan fingerprint density at radius 3 is 2.53 bits per heavy atom. The molecule has 0 aliphatic carbocycles. The van der Waals surface area contributed by atoms with Crippen LogP contribution in [0.3, 0.4) is 0 Å². The van der Waals surface area contributed by atoms with E-state index in [2.05, 4.69) is 25.8 Å². The van der Waals surface area contributed by atoms with E-state index in [0.29, 0.717) is 27.6 Å². The number of pyridine rings is 1. The molecule has 3 rings (SSSR count). The highest BCUT2D eigenvalue weighted by Crippen LogP contribution is 2.42. The summed E-state index contributed by atoms with van der Waals surface area (Å²) >= 11 is 3.70. The fraction of sp³-hybridized carbons (Fsp3) is 0.615. The summed E-state index contributed by atoms with van der Waals surface area (Å²) in [4.78, 5) is 7.52. The van der Waals surface area contributed by atoms with Gasteiger partial charge in [-0.05, 0) is 37.8 Å². The van der Waals surface area contributed by atoms with Crippen LogP contribution in [0.25, 0.3) is 0 Å². The van der Waals surface area contributed by atoms with Crippen LogP contribution < -0.4 is 4.90 Å². The van der Waals surface area contributed by atoms with Crippen LogP contribution in [0, 0.1) is 0 Å². The lowest BCUT2D eigenvalue weighted by Crippen LogP contribution is -2.44. The standard InChI is InChI=1S/C13H17BrN2O2S/c1-19(17,18)12-3-2-6-15-13(12)16-10-4-5-11(16)8-9(14)7-10/h2-3,6,9-11H,4-5,7-8H2,1H3. The first kappa shape index (κ1) is 13.4. The van der Waals surface area contributed by atoms with E-state index in [4.69, 9.17) is 0 Å². The molecule has 2 aliphatic rings. The third kappa shape index (κ3) is 2.40. The second-order valence-electron chi connectivity index (χ2n) is 5.46. The van der Waals surface area contributed by atoms with E-state index in [1.54, 1.807) is 18.3 Å². The first-order chi connectivity index (χ1) is 8.97. The molecule has 2 fully saturated rings. The van der Waals surface area contributed by atoms with Gasteiger partial charge < -0.3 is 4.90 Å². The molecular formula is C13H17BrN2O2S. The first-order valence-corrected chi connectivity index (χ1v) is 9.35. The molecule has 2 unspecified atom stereocenters. The smallest absolute Gasteiger partial charge is 0.179 e. The highest BCUT2D eigenvalue weighted by molar-refractivity contribution is 9.09. The number of nitrogens with zero attached hydrogens (tertiary/aromatic N) is 2. The minimum atomic E-state index is -3.23. The number of rotatable bonds is 2. The second kappa shape index (κ2) is 4.74. The topological polar surface area (TPSA) is 50.3 Å². The van der Waals surface area contributed by atoms with E-state index in [-0.39, 0.29) is 0 Å². The highest BCUT2D eigenvalue weighted by atomic mass is 79.9. The molecule has 4 nitrogen and oxygen atoms in total. The average Bonchev–Trinajstić information content (AvgIpc) is 2.60. The van der Waals surface area contributed by atoms with Crippen molar-refractivity contribution in [1.29, 1.82) is 0 Å². The van der Waals surface area contributed by atoms with Gasteiger partial charge in [0, 0.05) is 29.4 Å². The largest absolute Gasteiger partial charge is 0.349 e. The number of fused-ring (bicyclic) bond motifs is 2. The Morgan fingerprint density at radius 2 is 1.95 bits per heavy atom. The molecular weight excluding hydrogens is 328 g/mol. The quantitative estimate of drug-likeness (QED) is 0.773. The summed E-state index contributed by atoms with van der Waals surface area (Å²) in [7, 11) is -3.23. The van der Waals surface area contributed by atoms with E-state index < -0.39 is 9.84 Å². The zero-order valence-corrected chi connectivity index (χ0v) is 13.2. The zero-order chi connectivity index (χ0) is 13.6. The van der Waals surface area contributed by atoms with Crippen molar-refractivity contribution in [3.05, 3.63) is 18.3 Å². The van der Waals surface area contributed by atoms with Gasteiger partial charge in [-0.2, -0.15) is 0 Å². The Bertz CT molecular complexity index is 576. The molecule has 0 amide bonds. The maximum Gasteiger partial charge on any atom is 0.179 e. The second-order valence-corrected chi connectivity index (χ2v) is 8.74. The normalized spacial score (nSPS) is 30.6. The molecule has 0 spiro atoms. The number of sulfone groups is 1. The van der Waals surface area contributed by atoms with Gasteiger partial charge in [0.15, 0.2) is 9.84 Å². The molecule has 6 heteroatoms. The lowest BCUT2D eigenvalue weighted by Gasteiger charge is -2.38. The summed E-state index contributed by atoms with van der Waals surface area (Å²) in [6.45, 7) is 0. The number of hydrogen-bond donors (Lipinski definition) is 0. The molecule has 3 heterocycles. The molecule has 19 heavy (non-hydrogen) atoms. The first-order valence-electron chi connectivity index (χ1n) is 6.54. The van der Waals surface area contributed by atoms with Gasteiger partial charge in [0.25, 0.3) is 0 Å². The van der Waals surface area contributed by atoms with Crippen molar-refractivity contribution in [2.24, 2.45) is 0 Å². The van der Waals surface area contributed by atoms with Crippen LogP contribution in [-0.4, -0.2) is 36.6 Å². The van der Waals surface area contributed by atoms with E-state index in [1.807, 2.05) is 0 Å². The fourth-order valence-electron chi connectivity index (χ4n) is 3.32. The third-order valence-electron chi connectivity index (χ3n) is 4.07. The molecule has 2 atom stereocenters. The Kier molecular flexibility index (Phi) is 3.33. The van der Waals surface area contributed by atoms with Crippen molar-refractivity contribution in [3.63, 3.8) is 0 Å². The van der Waals surface area contributed by atoms with Gasteiger partial charge in [0.2, 0.25) is 0 Å². The van der Waals surface area contributed by atoms with Crippen molar-refractivity contribution in [2.45, 2.75) is 47.5 Å². The van der Waals surface area contributed by atoms with Crippen LogP contribution in [0.15, 0.2) is 23.2 Å². The Labute approximate surface area is 122 Å². The average molecular weight is 345 g/mol. The predicted molar refractivity (Wildman–Crippen MR) is 78.6 cm³/mol. The Hall–Kier alpha value is -0.620. The number of anilines is 1. The lowest BCUT2D eigenvalue weighted by molar-refractivity contribution is 0.476. The van der Waals surface area contributed by atoms with Crippen molar-refractivity contribution >= 4 is 31.6 Å². The van der Waals surface area contributed by atoms with E-state index in [0.717, 1.165) is 25.7 Å². The highest BCUT2D eigenvalue weighted by Gasteiger charge is 2.42. The monoisotopic (exact) mass is 344 g/mol. The lowest BCUT2D eigenvalue weighted by atomic mass is 10.0. The van der Waals surface area contributed by atoms with Crippen LogP contribution in [0.4, 0.5) is 5.82 Å². The summed E-state index contributed by atoms with van der Waals surface area (Å²) in [5.74, 6) is 0.650. The van der Waals surface area contributed by atoms with Gasteiger partial charge in [0.1, 0.15) is 10.7 Å². The summed E-state index contributed by atoms with van der Waals surface area (Å²) in [6, 6.07) is 4.19. The molecule has 2 bridgehead atoms. The summed E-state index contributed by atoms with van der Waals surface area (Å²) < 4.78 is 23.8. The van der Waals surface area contributed by atoms with E-state index >= 15 is 0 Å². The molecule has 0 saturated carbocycles. The van der Waals surface area contributed by atoms with Crippen molar-refractivity contribution in [1.82, 2.24) is 4.98 Å². The Morgan fingerprint density at radius 1 is 1.32 bits per heavy atom. The number of alkyl halides is 1. The molecule has 2 aliphatic heterocycles. The summed E-state index contributed by atoms with van der Waals surface area (Å²) in [5.41, 5.74) is 0. The maximum absolute atomic E-state index is 11.9. The number of piperidine rings is 1. The molecule has 2 saturated heterocycles. The van der Waals surface area contributed by atoms with E-state index in [9.17, 15) is 8.42 Å². The zero-order valence-electron chi connectivity index (χ0n) is 10.8. The Balaban J connectivity index is 2.05. The van der Waals surface area contributed by atoms with Crippen LogP contribution in [0.1, 0.15) is 25.7 Å². The maximum atomic E-state index is 11.9. The number of aromatic nitrogens is 1. The van der Waals surface area contributed by atoms with E-state index in [1.165, 1.54) is 6.26 Å². The van der Waals surface area contributed by atoms with Crippen LogP contribution in [0.5, 0.6) is 0 Å². The number of hydrogen-bond acceptors (Lipinski definition) is 4. The minimum absolute atomic E-state index is 0.361. The van der Waals surface area contributed by atoms with Crippen molar-refractivity contribution in [2.75, 3.05) is 11.2 Å². The van der Waals surface area contributed by atoms with Gasteiger partial charge in [-0.15, -0.1) is 0 Å². The van der Waals surface area contributed by atoms with Gasteiger partial charge >= 0.3 is 0 Å². The van der Waals surface area contributed by atoms with Crippen molar-refractivity contribution in [3.8, 4) is 0 Å². The summed E-state index contributed by atoms with van der Waals surface area (Å²) in [5, 5.41) is 0. The number of halogens is 1. The molecule has 104 valence electrons. The SMILES string of the molecule is CS(=O)(=O)c1cccnc1N1C2CCC1CC(Br)C2. The molecule has 1 aromatic rings. The van der Waals surface area contributed by atoms with Gasteiger partial charge in [0.05, 0.1) is 0 Å². The molecule has 1 aromatic heterocycles. The van der Waals surface area contributed by atoms with Gasteiger partial charge in [-0.3, -0.25) is 0 Å². The van der Waals surface area contributed by atoms with Crippen LogP contribution in [-0.2, 0) is 9.84 Å². The van der Waals surface area contributed by atoms with Crippen molar-refractivity contribution < 1.29 is 8.42 Å². The summed E-state index contributed by atoms with van der Waals surface area (Å²) in [6.07, 6.45) is 7.34. The fourth-order valence-corrected chi connectivity index (χ4v) is 5.00.